The molecule has 1 amide bonds. The minimum Gasteiger partial charge on any atom is -0.372 e. The summed E-state index contributed by atoms with van der Waals surface area (Å²) in [5.41, 5.74) is 0. The molecule has 0 aromatic carbocycles. The Labute approximate surface area is 87.2 Å². The highest BCUT2D eigenvalue weighted by molar-refractivity contribution is 6.30. The molecule has 1 unspecified atom stereocenters. The lowest BCUT2D eigenvalue weighted by Gasteiger charge is -2.09. The summed E-state index contributed by atoms with van der Waals surface area (Å²) < 4.78 is 4.84. The number of amides is 1. The normalized spacial score (nSPS) is 12.2. The number of pyridine rings is 1. The van der Waals surface area contributed by atoms with Gasteiger partial charge in [-0.3, -0.25) is 4.79 Å². The second-order valence-electron chi connectivity index (χ2n) is 2.73. The highest BCUT2D eigenvalue weighted by atomic mass is 35.5. The lowest BCUT2D eigenvalue weighted by molar-refractivity contribution is -0.124. The molecule has 0 saturated heterocycles. The van der Waals surface area contributed by atoms with Crippen LogP contribution in [-0.4, -0.2) is 24.1 Å². The van der Waals surface area contributed by atoms with E-state index in [0.717, 1.165) is 0 Å². The molecule has 1 heterocycles. The number of aromatic nitrogens is 1. The van der Waals surface area contributed by atoms with Gasteiger partial charge in [0.25, 0.3) is 5.91 Å². The van der Waals surface area contributed by atoms with E-state index in [4.69, 9.17) is 16.3 Å². The van der Waals surface area contributed by atoms with Gasteiger partial charge in [-0.05, 0) is 19.1 Å². The smallest absolute Gasteiger partial charge is 0.254 e. The van der Waals surface area contributed by atoms with Gasteiger partial charge in [-0.15, -0.1) is 0 Å². The van der Waals surface area contributed by atoms with Gasteiger partial charge in [-0.25, -0.2) is 4.98 Å². The number of hydrogen-bond acceptors (Lipinski definition) is 3. The number of anilines is 1. The number of halogens is 1. The zero-order valence-electron chi connectivity index (χ0n) is 7.95. The number of carbonyl (C=O) groups is 1. The maximum absolute atomic E-state index is 11.3. The van der Waals surface area contributed by atoms with Crippen molar-refractivity contribution in [1.29, 1.82) is 0 Å². The first kappa shape index (κ1) is 10.9. The second-order valence-corrected chi connectivity index (χ2v) is 3.16. The molecule has 1 aromatic rings. The molecule has 0 aliphatic heterocycles. The van der Waals surface area contributed by atoms with Crippen LogP contribution in [0, 0.1) is 0 Å². The Hall–Kier alpha value is -1.13. The Bertz CT molecular complexity index is 330. The first-order valence-corrected chi connectivity index (χ1v) is 4.46. The average molecular weight is 215 g/mol. The number of methoxy groups -OCH3 is 1. The van der Waals surface area contributed by atoms with Crippen molar-refractivity contribution in [3.05, 3.63) is 23.4 Å². The average Bonchev–Trinajstić information content (AvgIpc) is 2.16. The molecule has 0 saturated carbocycles. The second kappa shape index (κ2) is 4.93. The van der Waals surface area contributed by atoms with Crippen molar-refractivity contribution in [2.75, 3.05) is 12.4 Å². The SMILES string of the molecule is COC(C)C(=O)Nc1cc(Cl)ccn1. The maximum Gasteiger partial charge on any atom is 0.254 e. The first-order valence-electron chi connectivity index (χ1n) is 4.08. The maximum atomic E-state index is 11.3. The highest BCUT2D eigenvalue weighted by Gasteiger charge is 2.11. The molecular weight excluding hydrogens is 204 g/mol. The van der Waals surface area contributed by atoms with Gasteiger partial charge in [0.1, 0.15) is 11.9 Å². The van der Waals surface area contributed by atoms with Gasteiger partial charge < -0.3 is 10.1 Å². The Morgan fingerprint density at radius 2 is 2.43 bits per heavy atom. The Morgan fingerprint density at radius 1 is 1.71 bits per heavy atom. The zero-order chi connectivity index (χ0) is 10.6. The van der Waals surface area contributed by atoms with E-state index in [-0.39, 0.29) is 5.91 Å². The topological polar surface area (TPSA) is 51.2 Å². The molecule has 1 N–H and O–H groups in total. The fourth-order valence-electron chi connectivity index (χ4n) is 0.808. The van der Waals surface area contributed by atoms with Gasteiger partial charge >= 0.3 is 0 Å². The van der Waals surface area contributed by atoms with Crippen molar-refractivity contribution in [3.8, 4) is 0 Å². The van der Waals surface area contributed by atoms with Crippen LogP contribution in [0.2, 0.25) is 5.02 Å². The van der Waals surface area contributed by atoms with Gasteiger partial charge in [-0.2, -0.15) is 0 Å². The van der Waals surface area contributed by atoms with E-state index in [0.29, 0.717) is 10.8 Å². The molecule has 0 fully saturated rings. The van der Waals surface area contributed by atoms with Crippen LogP contribution in [0.15, 0.2) is 18.3 Å². The molecule has 0 bridgehead atoms. The molecule has 0 aliphatic carbocycles. The quantitative estimate of drug-likeness (QED) is 0.834. The number of hydrogen-bond donors (Lipinski definition) is 1. The van der Waals surface area contributed by atoms with Crippen LogP contribution in [-0.2, 0) is 9.53 Å². The van der Waals surface area contributed by atoms with Crippen LogP contribution in [0.5, 0.6) is 0 Å². The minimum atomic E-state index is -0.504. The van der Waals surface area contributed by atoms with E-state index in [1.807, 2.05) is 0 Å². The van der Waals surface area contributed by atoms with Crippen LogP contribution >= 0.6 is 11.6 Å². The molecule has 76 valence electrons. The summed E-state index contributed by atoms with van der Waals surface area (Å²) >= 11 is 5.72. The third-order valence-corrected chi connectivity index (χ3v) is 1.93. The van der Waals surface area contributed by atoms with Gasteiger partial charge in [0, 0.05) is 18.3 Å². The molecule has 14 heavy (non-hydrogen) atoms. The van der Waals surface area contributed by atoms with E-state index in [2.05, 4.69) is 10.3 Å². The lowest BCUT2D eigenvalue weighted by atomic mass is 10.3. The number of carbonyl (C=O) groups excluding carboxylic acids is 1. The van der Waals surface area contributed by atoms with Crippen LogP contribution < -0.4 is 5.32 Å². The third-order valence-electron chi connectivity index (χ3n) is 1.70. The fourth-order valence-corrected chi connectivity index (χ4v) is 0.968. The van der Waals surface area contributed by atoms with Crippen LogP contribution in [0.3, 0.4) is 0 Å². The molecule has 1 atom stereocenters. The van der Waals surface area contributed by atoms with E-state index in [1.165, 1.54) is 13.3 Å². The zero-order valence-corrected chi connectivity index (χ0v) is 8.71. The third kappa shape index (κ3) is 2.97. The van der Waals surface area contributed by atoms with Gasteiger partial charge in [-0.1, -0.05) is 11.6 Å². The van der Waals surface area contributed by atoms with Crippen molar-refractivity contribution in [2.24, 2.45) is 0 Å². The minimum absolute atomic E-state index is 0.248. The number of rotatable bonds is 3. The number of nitrogens with one attached hydrogen (secondary N) is 1. The molecule has 0 spiro atoms. The van der Waals surface area contributed by atoms with Crippen molar-refractivity contribution in [3.63, 3.8) is 0 Å². The molecule has 0 radical (unpaired) electrons. The van der Waals surface area contributed by atoms with Gasteiger partial charge in [0.2, 0.25) is 0 Å². The summed E-state index contributed by atoms with van der Waals surface area (Å²) in [7, 11) is 1.47. The molecule has 5 heteroatoms. The van der Waals surface area contributed by atoms with E-state index in [1.54, 1.807) is 19.1 Å². The molecule has 0 aliphatic rings. The van der Waals surface area contributed by atoms with Crippen LogP contribution in [0.25, 0.3) is 0 Å². The number of ether oxygens (including phenoxy) is 1. The van der Waals surface area contributed by atoms with Crippen molar-refractivity contribution < 1.29 is 9.53 Å². The van der Waals surface area contributed by atoms with Crippen molar-refractivity contribution >= 4 is 23.3 Å². The molecule has 1 rings (SSSR count). The Balaban J connectivity index is 2.65. The predicted octanol–water partition coefficient (Wildman–Crippen LogP) is 1.71. The van der Waals surface area contributed by atoms with Crippen LogP contribution in [0.4, 0.5) is 5.82 Å². The Morgan fingerprint density at radius 3 is 3.00 bits per heavy atom. The Kier molecular flexibility index (Phi) is 3.85. The summed E-state index contributed by atoms with van der Waals surface area (Å²) in [6.45, 7) is 1.65. The van der Waals surface area contributed by atoms with Gasteiger partial charge in [0.15, 0.2) is 0 Å². The lowest BCUT2D eigenvalue weighted by Crippen LogP contribution is -2.26. The fraction of sp³-hybridized carbons (Fsp3) is 0.333. The van der Waals surface area contributed by atoms with Crippen LogP contribution in [0.1, 0.15) is 6.92 Å². The summed E-state index contributed by atoms with van der Waals surface area (Å²) in [6.07, 6.45) is 1.02. The summed E-state index contributed by atoms with van der Waals surface area (Å²) in [4.78, 5) is 15.3. The molecule has 4 nitrogen and oxygen atoms in total. The summed E-state index contributed by atoms with van der Waals surface area (Å²) in [5.74, 6) is 0.175. The van der Waals surface area contributed by atoms with Gasteiger partial charge in [0.05, 0.1) is 0 Å². The first-order chi connectivity index (χ1) is 6.63. The standard InChI is InChI=1S/C9H11ClN2O2/c1-6(14-2)9(13)12-8-5-7(10)3-4-11-8/h3-6H,1-2H3,(H,11,12,13). The molecule has 1 aromatic heterocycles. The van der Waals surface area contributed by atoms with Crippen molar-refractivity contribution in [1.82, 2.24) is 4.98 Å². The monoisotopic (exact) mass is 214 g/mol. The summed E-state index contributed by atoms with van der Waals surface area (Å²) in [5, 5.41) is 3.10. The van der Waals surface area contributed by atoms with E-state index in [9.17, 15) is 4.79 Å². The molecular formula is C9H11ClN2O2. The number of nitrogens with zero attached hydrogens (tertiary/aromatic N) is 1. The highest BCUT2D eigenvalue weighted by Crippen LogP contribution is 2.11. The van der Waals surface area contributed by atoms with E-state index >= 15 is 0 Å². The van der Waals surface area contributed by atoms with Crippen molar-refractivity contribution in [2.45, 2.75) is 13.0 Å². The predicted molar refractivity (Wildman–Crippen MR) is 54.3 cm³/mol. The summed E-state index contributed by atoms with van der Waals surface area (Å²) in [6, 6.07) is 3.21. The largest absolute Gasteiger partial charge is 0.372 e. The van der Waals surface area contributed by atoms with E-state index < -0.39 is 6.10 Å².